The Hall–Kier alpha value is -1.91. The molecule has 0 saturated carbocycles. The molecule has 1 atom stereocenters. The summed E-state index contributed by atoms with van der Waals surface area (Å²) >= 11 is 0. The fraction of sp³-hybridized carbons (Fsp3) is 0.500. The van der Waals surface area contributed by atoms with Crippen molar-refractivity contribution in [2.24, 2.45) is 5.92 Å². The van der Waals surface area contributed by atoms with Gasteiger partial charge in [0.25, 0.3) is 5.91 Å². The van der Waals surface area contributed by atoms with Gasteiger partial charge in [-0.15, -0.1) is 0 Å². The number of pyridine rings is 1. The fourth-order valence-corrected chi connectivity index (χ4v) is 2.40. The first-order chi connectivity index (χ1) is 9.13. The van der Waals surface area contributed by atoms with Crippen molar-refractivity contribution in [3.05, 3.63) is 29.6 Å². The van der Waals surface area contributed by atoms with Gasteiger partial charge in [-0.3, -0.25) is 14.6 Å². The van der Waals surface area contributed by atoms with Crippen LogP contribution >= 0.6 is 0 Å². The molecule has 19 heavy (non-hydrogen) atoms. The third-order valence-corrected chi connectivity index (χ3v) is 3.48. The van der Waals surface area contributed by atoms with Crippen molar-refractivity contribution in [1.29, 1.82) is 0 Å². The number of carbonyl (C=O) groups excluding carboxylic acids is 2. The first-order valence-corrected chi connectivity index (χ1v) is 6.42. The van der Waals surface area contributed by atoms with Crippen LogP contribution in [0.25, 0.3) is 0 Å². The van der Waals surface area contributed by atoms with E-state index in [-0.39, 0.29) is 17.8 Å². The molecule has 0 spiro atoms. The van der Waals surface area contributed by atoms with Gasteiger partial charge in [0.2, 0.25) is 0 Å². The zero-order valence-corrected chi connectivity index (χ0v) is 11.3. The maximum atomic E-state index is 12.4. The predicted octanol–water partition coefficient (Wildman–Crippen LogP) is 1.42. The highest BCUT2D eigenvalue weighted by Gasteiger charge is 2.29. The molecule has 0 bridgehead atoms. The standard InChI is InChI=1S/C14H18N2O3/c1-10-12(6-3-7-15-10)13(17)16-8-4-5-11(9-16)14(18)19-2/h3,6-7,11H,4-5,8-9H2,1-2H3/t11-/m0/s1. The number of nitrogens with zero attached hydrogens (tertiary/aromatic N) is 2. The minimum atomic E-state index is -0.236. The fourth-order valence-electron chi connectivity index (χ4n) is 2.40. The number of amides is 1. The molecular formula is C14H18N2O3. The normalized spacial score (nSPS) is 19.1. The molecule has 1 aromatic heterocycles. The summed E-state index contributed by atoms with van der Waals surface area (Å²) in [4.78, 5) is 29.8. The van der Waals surface area contributed by atoms with E-state index in [2.05, 4.69) is 4.98 Å². The molecule has 0 radical (unpaired) electrons. The second kappa shape index (κ2) is 5.82. The highest BCUT2D eigenvalue weighted by Crippen LogP contribution is 2.20. The second-order valence-electron chi connectivity index (χ2n) is 4.75. The minimum Gasteiger partial charge on any atom is -0.469 e. The number of carbonyl (C=O) groups is 2. The van der Waals surface area contributed by atoms with Gasteiger partial charge in [-0.25, -0.2) is 0 Å². The van der Waals surface area contributed by atoms with Gasteiger partial charge < -0.3 is 9.64 Å². The van der Waals surface area contributed by atoms with Crippen molar-refractivity contribution in [2.45, 2.75) is 19.8 Å². The van der Waals surface area contributed by atoms with Crippen molar-refractivity contribution in [1.82, 2.24) is 9.88 Å². The molecule has 2 rings (SSSR count). The van der Waals surface area contributed by atoms with E-state index in [1.807, 2.05) is 6.92 Å². The summed E-state index contributed by atoms with van der Waals surface area (Å²) in [6.45, 7) is 2.93. The van der Waals surface area contributed by atoms with Crippen LogP contribution in [-0.4, -0.2) is 42.0 Å². The van der Waals surface area contributed by atoms with Gasteiger partial charge in [0.05, 0.1) is 18.6 Å². The van der Waals surface area contributed by atoms with Crippen molar-refractivity contribution < 1.29 is 14.3 Å². The Labute approximate surface area is 112 Å². The molecule has 1 aliphatic heterocycles. The Morgan fingerprint density at radius 3 is 2.95 bits per heavy atom. The number of aromatic nitrogens is 1. The molecule has 1 amide bonds. The number of piperidine rings is 1. The first kappa shape index (κ1) is 13.5. The van der Waals surface area contributed by atoms with Crippen LogP contribution < -0.4 is 0 Å². The van der Waals surface area contributed by atoms with Crippen LogP contribution in [0.4, 0.5) is 0 Å². The lowest BCUT2D eigenvalue weighted by molar-refractivity contribution is -0.146. The van der Waals surface area contributed by atoms with E-state index < -0.39 is 0 Å². The largest absolute Gasteiger partial charge is 0.469 e. The summed E-state index contributed by atoms with van der Waals surface area (Å²) in [7, 11) is 1.38. The molecule has 1 saturated heterocycles. The summed E-state index contributed by atoms with van der Waals surface area (Å²) in [6.07, 6.45) is 3.27. The highest BCUT2D eigenvalue weighted by atomic mass is 16.5. The molecular weight excluding hydrogens is 244 g/mol. The van der Waals surface area contributed by atoms with Crippen LogP contribution in [-0.2, 0) is 9.53 Å². The molecule has 5 heteroatoms. The third-order valence-electron chi connectivity index (χ3n) is 3.48. The Kier molecular flexibility index (Phi) is 4.14. The van der Waals surface area contributed by atoms with Gasteiger partial charge in [0, 0.05) is 25.0 Å². The smallest absolute Gasteiger partial charge is 0.310 e. The summed E-state index contributed by atoms with van der Waals surface area (Å²) in [5.41, 5.74) is 1.32. The Bertz CT molecular complexity index is 487. The Balaban J connectivity index is 2.11. The van der Waals surface area contributed by atoms with Gasteiger partial charge in [-0.05, 0) is 31.9 Å². The average Bonchev–Trinajstić information content (AvgIpc) is 2.46. The van der Waals surface area contributed by atoms with Crippen LogP contribution in [0.1, 0.15) is 28.9 Å². The lowest BCUT2D eigenvalue weighted by Crippen LogP contribution is -2.42. The molecule has 102 valence electrons. The minimum absolute atomic E-state index is 0.0563. The molecule has 0 aliphatic carbocycles. The number of ether oxygens (including phenoxy) is 1. The first-order valence-electron chi connectivity index (χ1n) is 6.42. The number of rotatable bonds is 2. The summed E-state index contributed by atoms with van der Waals surface area (Å²) in [5.74, 6) is -0.501. The lowest BCUT2D eigenvalue weighted by Gasteiger charge is -2.31. The number of likely N-dealkylation sites (tertiary alicyclic amines) is 1. The summed E-state index contributed by atoms with van der Waals surface area (Å²) in [5, 5.41) is 0. The van der Waals surface area contributed by atoms with E-state index in [9.17, 15) is 9.59 Å². The molecule has 2 heterocycles. The van der Waals surface area contributed by atoms with Gasteiger partial charge in [0.1, 0.15) is 0 Å². The Morgan fingerprint density at radius 1 is 1.47 bits per heavy atom. The predicted molar refractivity (Wildman–Crippen MR) is 69.6 cm³/mol. The molecule has 5 nitrogen and oxygen atoms in total. The van der Waals surface area contributed by atoms with E-state index in [1.54, 1.807) is 23.2 Å². The number of esters is 1. The third kappa shape index (κ3) is 2.92. The molecule has 0 unspecified atom stereocenters. The number of hydrogen-bond acceptors (Lipinski definition) is 4. The van der Waals surface area contributed by atoms with Gasteiger partial charge in [-0.1, -0.05) is 0 Å². The number of hydrogen-bond donors (Lipinski definition) is 0. The van der Waals surface area contributed by atoms with Crippen LogP contribution in [0.2, 0.25) is 0 Å². The highest BCUT2D eigenvalue weighted by molar-refractivity contribution is 5.95. The topological polar surface area (TPSA) is 59.5 Å². The average molecular weight is 262 g/mol. The van der Waals surface area contributed by atoms with Crippen LogP contribution in [0.3, 0.4) is 0 Å². The van der Waals surface area contributed by atoms with Gasteiger partial charge >= 0.3 is 5.97 Å². The quantitative estimate of drug-likeness (QED) is 0.756. The van der Waals surface area contributed by atoms with E-state index in [0.717, 1.165) is 12.8 Å². The van der Waals surface area contributed by atoms with Crippen molar-refractivity contribution in [3.8, 4) is 0 Å². The summed E-state index contributed by atoms with van der Waals surface area (Å²) < 4.78 is 4.76. The lowest BCUT2D eigenvalue weighted by atomic mass is 9.97. The SMILES string of the molecule is COC(=O)[C@H]1CCCN(C(=O)c2cccnc2C)C1. The monoisotopic (exact) mass is 262 g/mol. The van der Waals surface area contributed by atoms with E-state index in [4.69, 9.17) is 4.74 Å². The van der Waals surface area contributed by atoms with E-state index >= 15 is 0 Å². The van der Waals surface area contributed by atoms with Crippen molar-refractivity contribution in [3.63, 3.8) is 0 Å². The maximum absolute atomic E-state index is 12.4. The molecule has 1 fully saturated rings. The van der Waals surface area contributed by atoms with Crippen LogP contribution in [0, 0.1) is 12.8 Å². The van der Waals surface area contributed by atoms with Crippen molar-refractivity contribution >= 4 is 11.9 Å². The second-order valence-corrected chi connectivity index (χ2v) is 4.75. The van der Waals surface area contributed by atoms with E-state index in [0.29, 0.717) is 24.3 Å². The zero-order chi connectivity index (χ0) is 13.8. The van der Waals surface area contributed by atoms with E-state index in [1.165, 1.54) is 7.11 Å². The number of aryl methyl sites for hydroxylation is 1. The van der Waals surface area contributed by atoms with Gasteiger partial charge in [0.15, 0.2) is 0 Å². The Morgan fingerprint density at radius 2 is 2.26 bits per heavy atom. The maximum Gasteiger partial charge on any atom is 0.310 e. The number of methoxy groups -OCH3 is 1. The molecule has 1 aliphatic rings. The van der Waals surface area contributed by atoms with Crippen LogP contribution in [0.5, 0.6) is 0 Å². The van der Waals surface area contributed by atoms with Gasteiger partial charge in [-0.2, -0.15) is 0 Å². The van der Waals surface area contributed by atoms with Crippen LogP contribution in [0.15, 0.2) is 18.3 Å². The molecule has 0 aromatic carbocycles. The zero-order valence-electron chi connectivity index (χ0n) is 11.3. The molecule has 1 aromatic rings. The molecule has 0 N–H and O–H groups in total. The summed E-state index contributed by atoms with van der Waals surface area (Å²) in [6, 6.07) is 3.52. The van der Waals surface area contributed by atoms with Crippen molar-refractivity contribution in [2.75, 3.05) is 20.2 Å².